The molecular formula is C22H18BrN3O2S. The number of hydrogen-bond acceptors (Lipinski definition) is 5. The highest BCUT2D eigenvalue weighted by molar-refractivity contribution is 9.10. The van der Waals surface area contributed by atoms with Crippen LogP contribution in [-0.2, 0) is 4.79 Å². The maximum atomic E-state index is 12.6. The smallest absolute Gasteiger partial charge is 0.268 e. The number of halogens is 1. The first kappa shape index (κ1) is 20.8. The van der Waals surface area contributed by atoms with Crippen LogP contribution in [0, 0.1) is 11.3 Å². The predicted molar refractivity (Wildman–Crippen MR) is 120 cm³/mol. The number of anilines is 1. The summed E-state index contributed by atoms with van der Waals surface area (Å²) in [5.74, 6) is 0.135. The Balaban J connectivity index is 1.77. The van der Waals surface area contributed by atoms with Gasteiger partial charge in [0.15, 0.2) is 5.13 Å². The molecule has 2 aromatic carbocycles. The minimum absolute atomic E-state index is 0.0158. The lowest BCUT2D eigenvalue weighted by molar-refractivity contribution is -0.112. The van der Waals surface area contributed by atoms with Gasteiger partial charge in [0.2, 0.25) is 0 Å². The molecule has 1 N–H and O–H groups in total. The fourth-order valence-corrected chi connectivity index (χ4v) is 3.48. The zero-order valence-electron chi connectivity index (χ0n) is 15.7. The van der Waals surface area contributed by atoms with E-state index in [0.717, 1.165) is 22.2 Å². The first-order chi connectivity index (χ1) is 14.1. The van der Waals surface area contributed by atoms with Crippen molar-refractivity contribution in [3.8, 4) is 23.1 Å². The van der Waals surface area contributed by atoms with Gasteiger partial charge < -0.3 is 4.74 Å². The maximum absolute atomic E-state index is 12.6. The second kappa shape index (κ2) is 10.0. The van der Waals surface area contributed by atoms with E-state index in [-0.39, 0.29) is 5.57 Å². The quantitative estimate of drug-likeness (QED) is 0.346. The van der Waals surface area contributed by atoms with Crippen LogP contribution in [0.15, 0.2) is 64.0 Å². The van der Waals surface area contributed by atoms with E-state index in [2.05, 4.69) is 26.2 Å². The van der Waals surface area contributed by atoms with Gasteiger partial charge in [-0.05, 0) is 30.7 Å². The molecule has 29 heavy (non-hydrogen) atoms. The number of nitrogens with zero attached hydrogens (tertiary/aromatic N) is 2. The van der Waals surface area contributed by atoms with Crippen LogP contribution in [0.3, 0.4) is 0 Å². The van der Waals surface area contributed by atoms with E-state index in [9.17, 15) is 10.1 Å². The number of thiazole rings is 1. The first-order valence-corrected chi connectivity index (χ1v) is 10.6. The summed E-state index contributed by atoms with van der Waals surface area (Å²) in [6.07, 6.45) is 2.40. The third-order valence-electron chi connectivity index (χ3n) is 3.91. The molecule has 0 aliphatic rings. The average Bonchev–Trinajstić information content (AvgIpc) is 3.20. The van der Waals surface area contributed by atoms with E-state index in [0.29, 0.717) is 23.1 Å². The van der Waals surface area contributed by atoms with E-state index in [1.165, 1.54) is 17.4 Å². The Labute approximate surface area is 181 Å². The minimum atomic E-state index is -0.505. The van der Waals surface area contributed by atoms with Gasteiger partial charge in [-0.25, -0.2) is 4.98 Å². The van der Waals surface area contributed by atoms with Crippen molar-refractivity contribution in [2.24, 2.45) is 0 Å². The maximum Gasteiger partial charge on any atom is 0.268 e. The van der Waals surface area contributed by atoms with Crippen LogP contribution in [0.4, 0.5) is 5.13 Å². The van der Waals surface area contributed by atoms with Crippen LogP contribution in [0.2, 0.25) is 0 Å². The van der Waals surface area contributed by atoms with E-state index < -0.39 is 5.91 Å². The van der Waals surface area contributed by atoms with E-state index in [1.807, 2.05) is 66.9 Å². The number of nitrogens with one attached hydrogen (secondary N) is 1. The van der Waals surface area contributed by atoms with Gasteiger partial charge in [0.25, 0.3) is 5.91 Å². The normalized spacial score (nSPS) is 11.0. The second-order valence-corrected chi connectivity index (χ2v) is 7.83. The molecule has 0 aliphatic heterocycles. The second-order valence-electron chi connectivity index (χ2n) is 6.06. The Hall–Kier alpha value is -2.95. The van der Waals surface area contributed by atoms with Crippen molar-refractivity contribution in [1.29, 1.82) is 5.26 Å². The van der Waals surface area contributed by atoms with E-state index in [1.54, 1.807) is 0 Å². The topological polar surface area (TPSA) is 75.0 Å². The standard InChI is InChI=1S/C22H18BrN3O2S/c1-2-11-28-20-6-4-3-5-16(20)12-17(13-24)21(27)26-22-25-19(14-29-22)15-7-9-18(23)10-8-15/h3-10,12,14H,2,11H2,1H3,(H,25,26,27)/b17-12+. The van der Waals surface area contributed by atoms with Crippen LogP contribution in [0.1, 0.15) is 18.9 Å². The molecule has 7 heteroatoms. The number of nitriles is 1. The average molecular weight is 468 g/mol. The van der Waals surface area contributed by atoms with Gasteiger partial charge in [-0.1, -0.05) is 53.2 Å². The SMILES string of the molecule is CCCOc1ccccc1/C=C(\C#N)C(=O)Nc1nc(-c2ccc(Br)cc2)cs1. The molecule has 0 fully saturated rings. The Morgan fingerprint density at radius 2 is 2.03 bits per heavy atom. The van der Waals surface area contributed by atoms with Gasteiger partial charge in [-0.2, -0.15) is 5.26 Å². The number of hydrogen-bond donors (Lipinski definition) is 1. The molecular weight excluding hydrogens is 450 g/mol. The minimum Gasteiger partial charge on any atom is -0.493 e. The van der Waals surface area contributed by atoms with Gasteiger partial charge in [0.05, 0.1) is 12.3 Å². The number of ether oxygens (including phenoxy) is 1. The summed E-state index contributed by atoms with van der Waals surface area (Å²) in [6.45, 7) is 2.58. The summed E-state index contributed by atoms with van der Waals surface area (Å²) in [4.78, 5) is 17.0. The monoisotopic (exact) mass is 467 g/mol. The van der Waals surface area contributed by atoms with Crippen molar-refractivity contribution < 1.29 is 9.53 Å². The molecule has 1 amide bonds. The number of para-hydroxylation sites is 1. The zero-order valence-corrected chi connectivity index (χ0v) is 18.1. The van der Waals surface area contributed by atoms with Gasteiger partial charge in [0.1, 0.15) is 17.4 Å². The summed E-state index contributed by atoms with van der Waals surface area (Å²) >= 11 is 4.71. The molecule has 0 atom stereocenters. The van der Waals surface area contributed by atoms with Gasteiger partial charge in [-0.15, -0.1) is 11.3 Å². The Bertz CT molecular complexity index is 1070. The van der Waals surface area contributed by atoms with Crippen molar-refractivity contribution in [3.05, 3.63) is 69.5 Å². The largest absolute Gasteiger partial charge is 0.493 e. The summed E-state index contributed by atoms with van der Waals surface area (Å²) in [5, 5.41) is 14.5. The first-order valence-electron chi connectivity index (χ1n) is 8.97. The third-order valence-corrected chi connectivity index (χ3v) is 5.20. The van der Waals surface area contributed by atoms with Gasteiger partial charge >= 0.3 is 0 Å². The Morgan fingerprint density at radius 1 is 1.28 bits per heavy atom. The summed E-state index contributed by atoms with van der Waals surface area (Å²) in [6, 6.07) is 17.0. The Kier molecular flexibility index (Phi) is 7.17. The van der Waals surface area contributed by atoms with Gasteiger partial charge in [-0.3, -0.25) is 10.1 Å². The lowest BCUT2D eigenvalue weighted by Crippen LogP contribution is -2.13. The third kappa shape index (κ3) is 5.53. The van der Waals surface area contributed by atoms with Crippen molar-refractivity contribution in [3.63, 3.8) is 0 Å². The number of carbonyl (C=O) groups is 1. The number of rotatable bonds is 7. The van der Waals surface area contributed by atoms with Crippen LogP contribution in [-0.4, -0.2) is 17.5 Å². The van der Waals surface area contributed by atoms with Crippen LogP contribution >= 0.6 is 27.3 Å². The molecule has 5 nitrogen and oxygen atoms in total. The molecule has 0 unspecified atom stereocenters. The van der Waals surface area contributed by atoms with Crippen LogP contribution < -0.4 is 10.1 Å². The lowest BCUT2D eigenvalue weighted by Gasteiger charge is -2.08. The predicted octanol–water partition coefficient (Wildman–Crippen LogP) is 5.91. The van der Waals surface area contributed by atoms with Crippen molar-refractivity contribution in [2.45, 2.75) is 13.3 Å². The molecule has 0 spiro atoms. The molecule has 0 radical (unpaired) electrons. The molecule has 1 heterocycles. The molecule has 0 bridgehead atoms. The fourth-order valence-electron chi connectivity index (χ4n) is 2.50. The molecule has 0 saturated heterocycles. The summed E-state index contributed by atoms with van der Waals surface area (Å²) in [7, 11) is 0. The zero-order chi connectivity index (χ0) is 20.6. The highest BCUT2D eigenvalue weighted by Crippen LogP contribution is 2.27. The van der Waals surface area contributed by atoms with Crippen molar-refractivity contribution in [2.75, 3.05) is 11.9 Å². The summed E-state index contributed by atoms with van der Waals surface area (Å²) < 4.78 is 6.67. The molecule has 0 saturated carbocycles. The molecule has 3 aromatic rings. The van der Waals surface area contributed by atoms with E-state index in [4.69, 9.17) is 4.74 Å². The molecule has 1 aromatic heterocycles. The lowest BCUT2D eigenvalue weighted by atomic mass is 10.1. The highest BCUT2D eigenvalue weighted by atomic mass is 79.9. The Morgan fingerprint density at radius 3 is 2.76 bits per heavy atom. The van der Waals surface area contributed by atoms with E-state index >= 15 is 0 Å². The highest BCUT2D eigenvalue weighted by Gasteiger charge is 2.14. The number of benzene rings is 2. The number of amides is 1. The molecule has 3 rings (SSSR count). The van der Waals surface area contributed by atoms with Crippen LogP contribution in [0.5, 0.6) is 5.75 Å². The molecule has 146 valence electrons. The van der Waals surface area contributed by atoms with Crippen molar-refractivity contribution in [1.82, 2.24) is 4.98 Å². The fraction of sp³-hybridized carbons (Fsp3) is 0.136. The molecule has 0 aliphatic carbocycles. The van der Waals surface area contributed by atoms with Crippen molar-refractivity contribution >= 4 is 44.4 Å². The van der Waals surface area contributed by atoms with Gasteiger partial charge in [0, 0.05) is 21.0 Å². The number of aromatic nitrogens is 1. The summed E-state index contributed by atoms with van der Waals surface area (Å²) in [5.41, 5.74) is 2.38. The van der Waals surface area contributed by atoms with Crippen LogP contribution in [0.25, 0.3) is 17.3 Å². The number of carbonyl (C=O) groups excluding carboxylic acids is 1.